The molecular weight excluding hydrogens is 506 g/mol. The van der Waals surface area contributed by atoms with Crippen LogP contribution in [0.4, 0.5) is 0 Å². The van der Waals surface area contributed by atoms with Crippen molar-refractivity contribution >= 4 is 11.8 Å². The third kappa shape index (κ3) is 30.2. The zero-order valence-corrected chi connectivity index (χ0v) is 28.9. The normalized spacial score (nSPS) is 12.9. The lowest BCUT2D eigenvalue weighted by Crippen LogP contribution is -2.51. The van der Waals surface area contributed by atoms with Gasteiger partial charge in [0.1, 0.15) is 0 Å². The minimum absolute atomic E-state index is 0.112. The third-order valence-corrected chi connectivity index (χ3v) is 7.83. The lowest BCUT2D eigenvalue weighted by molar-refractivity contribution is -0.124. The summed E-state index contributed by atoms with van der Waals surface area (Å²) < 4.78 is 0. The Balaban J connectivity index is 3.86. The Labute approximate surface area is 256 Å². The first kappa shape index (κ1) is 39.9. The topological polar surface area (TPSA) is 70.2 Å². The van der Waals surface area contributed by atoms with Crippen LogP contribution >= 0.6 is 0 Å². The van der Waals surface area contributed by atoms with Gasteiger partial charge in [-0.2, -0.15) is 0 Å². The molecule has 3 N–H and O–H groups in total. The molecule has 0 aliphatic rings. The van der Waals surface area contributed by atoms with E-state index in [-0.39, 0.29) is 23.4 Å². The van der Waals surface area contributed by atoms with Gasteiger partial charge in [0.25, 0.3) is 0 Å². The molecule has 0 saturated carbocycles. The molecule has 0 radical (unpaired) electrons. The van der Waals surface area contributed by atoms with E-state index in [4.69, 9.17) is 0 Å². The summed E-state index contributed by atoms with van der Waals surface area (Å²) in [7, 11) is 0. The highest BCUT2D eigenvalue weighted by Crippen LogP contribution is 2.22. The minimum Gasteiger partial charge on any atom is -0.356 e. The zero-order chi connectivity index (χ0) is 30.8. The second-order valence-electron chi connectivity index (χ2n) is 14.8. The van der Waals surface area contributed by atoms with Gasteiger partial charge in [-0.3, -0.25) is 9.59 Å². The summed E-state index contributed by atoms with van der Waals surface area (Å²) in [6.45, 7) is 17.0. The number of unbranched alkanes of at least 4 members (excludes halogenated alkanes) is 16. The predicted octanol–water partition coefficient (Wildman–Crippen LogP) is 9.62. The van der Waals surface area contributed by atoms with Crippen LogP contribution in [0.3, 0.4) is 0 Å². The quantitative estimate of drug-likeness (QED) is 0.0848. The molecule has 0 spiro atoms. The first-order valence-electron chi connectivity index (χ1n) is 17.8. The predicted molar refractivity (Wildman–Crippen MR) is 179 cm³/mol. The molecule has 244 valence electrons. The van der Waals surface area contributed by atoms with Gasteiger partial charge in [-0.1, -0.05) is 124 Å². The van der Waals surface area contributed by atoms with Gasteiger partial charge in [-0.25, -0.2) is 0 Å². The maximum absolute atomic E-state index is 12.9. The summed E-state index contributed by atoms with van der Waals surface area (Å²) in [5.41, 5.74) is 0.298. The second kappa shape index (κ2) is 25.4. The van der Waals surface area contributed by atoms with E-state index in [9.17, 15) is 9.59 Å². The summed E-state index contributed by atoms with van der Waals surface area (Å²) in [6, 6.07) is -0.183. The highest BCUT2D eigenvalue weighted by Gasteiger charge is 2.23. The van der Waals surface area contributed by atoms with Crippen LogP contribution in [0.1, 0.15) is 190 Å². The van der Waals surface area contributed by atoms with Gasteiger partial charge < -0.3 is 16.0 Å². The van der Waals surface area contributed by atoms with Crippen LogP contribution in [-0.2, 0) is 9.59 Å². The van der Waals surface area contributed by atoms with E-state index in [0.717, 1.165) is 45.1 Å². The van der Waals surface area contributed by atoms with E-state index in [1.807, 2.05) is 0 Å². The van der Waals surface area contributed by atoms with Gasteiger partial charge in [-0.05, 0) is 64.7 Å². The lowest BCUT2D eigenvalue weighted by atomic mass is 9.89. The van der Waals surface area contributed by atoms with E-state index < -0.39 is 0 Å². The molecule has 5 heteroatoms. The Bertz CT molecular complexity index is 621. The van der Waals surface area contributed by atoms with E-state index in [1.165, 1.54) is 96.3 Å². The molecule has 0 aromatic rings. The molecule has 2 amide bonds. The van der Waals surface area contributed by atoms with Crippen molar-refractivity contribution in [3.05, 3.63) is 0 Å². The molecule has 0 heterocycles. The molecule has 41 heavy (non-hydrogen) atoms. The summed E-state index contributed by atoms with van der Waals surface area (Å²) >= 11 is 0. The molecule has 0 saturated heterocycles. The van der Waals surface area contributed by atoms with Gasteiger partial charge in [0.2, 0.25) is 11.8 Å². The van der Waals surface area contributed by atoms with Crippen molar-refractivity contribution in [2.45, 2.75) is 201 Å². The van der Waals surface area contributed by atoms with Gasteiger partial charge in [0, 0.05) is 25.0 Å². The van der Waals surface area contributed by atoms with E-state index in [2.05, 4.69) is 64.4 Å². The maximum Gasteiger partial charge on any atom is 0.237 e. The maximum atomic E-state index is 12.9. The van der Waals surface area contributed by atoms with Crippen LogP contribution in [0.15, 0.2) is 0 Å². The average Bonchev–Trinajstić information content (AvgIpc) is 2.88. The number of rotatable bonds is 27. The first-order valence-corrected chi connectivity index (χ1v) is 17.8. The molecule has 0 rings (SSSR count). The van der Waals surface area contributed by atoms with Crippen molar-refractivity contribution in [2.75, 3.05) is 13.1 Å². The number of hydrogen-bond acceptors (Lipinski definition) is 3. The Morgan fingerprint density at radius 1 is 0.561 bits per heavy atom. The van der Waals surface area contributed by atoms with E-state index in [1.54, 1.807) is 0 Å². The van der Waals surface area contributed by atoms with Crippen LogP contribution in [0.5, 0.6) is 0 Å². The Kier molecular flexibility index (Phi) is 24.7. The SMILES string of the molecule is CCCCCCCCCCCCCCCC(=O)NCCCCC(NC(C)(C)C)C(=O)NCCCCCCC(C)(C)C. The number of amides is 2. The van der Waals surface area contributed by atoms with Crippen LogP contribution in [0, 0.1) is 5.41 Å². The Morgan fingerprint density at radius 3 is 1.56 bits per heavy atom. The van der Waals surface area contributed by atoms with Crippen LogP contribution in [0.25, 0.3) is 0 Å². The fraction of sp³-hybridized carbons (Fsp3) is 0.944. The standard InChI is InChI=1S/C36H73N3O2/c1-8-9-10-11-12-13-14-15-16-17-18-19-22-28-33(40)37-30-26-23-27-32(39-36(5,6)7)34(41)38-31-25-21-20-24-29-35(2,3)4/h32,39H,8-31H2,1-7H3,(H,37,40)(H,38,41). The molecule has 0 aliphatic heterocycles. The van der Waals surface area contributed by atoms with Crippen molar-refractivity contribution in [1.29, 1.82) is 0 Å². The molecule has 5 nitrogen and oxygen atoms in total. The Hall–Kier alpha value is -1.10. The monoisotopic (exact) mass is 580 g/mol. The van der Waals surface area contributed by atoms with Crippen molar-refractivity contribution in [3.8, 4) is 0 Å². The number of carbonyl (C=O) groups is 2. The first-order chi connectivity index (χ1) is 19.4. The fourth-order valence-electron chi connectivity index (χ4n) is 5.35. The molecule has 0 aliphatic carbocycles. The summed E-state index contributed by atoms with van der Waals surface area (Å²) in [4.78, 5) is 25.1. The molecule has 0 aromatic carbocycles. The van der Waals surface area contributed by atoms with Crippen LogP contribution in [0.2, 0.25) is 0 Å². The zero-order valence-electron chi connectivity index (χ0n) is 28.9. The van der Waals surface area contributed by atoms with Crippen molar-refractivity contribution in [2.24, 2.45) is 5.41 Å². The fourth-order valence-corrected chi connectivity index (χ4v) is 5.35. The molecule has 0 fully saturated rings. The number of hydrogen-bond donors (Lipinski definition) is 3. The van der Waals surface area contributed by atoms with Gasteiger partial charge >= 0.3 is 0 Å². The van der Waals surface area contributed by atoms with Crippen LogP contribution in [-0.4, -0.2) is 36.5 Å². The summed E-state index contributed by atoms with van der Waals surface area (Å²) in [5, 5.41) is 9.75. The van der Waals surface area contributed by atoms with Crippen molar-refractivity contribution in [3.63, 3.8) is 0 Å². The summed E-state index contributed by atoms with van der Waals surface area (Å²) in [5.74, 6) is 0.291. The smallest absolute Gasteiger partial charge is 0.237 e. The molecule has 1 atom stereocenters. The van der Waals surface area contributed by atoms with Crippen molar-refractivity contribution in [1.82, 2.24) is 16.0 Å². The number of carbonyl (C=O) groups excluding carboxylic acids is 2. The lowest BCUT2D eigenvalue weighted by Gasteiger charge is -2.28. The van der Waals surface area contributed by atoms with E-state index >= 15 is 0 Å². The van der Waals surface area contributed by atoms with Crippen LogP contribution < -0.4 is 16.0 Å². The third-order valence-electron chi connectivity index (χ3n) is 7.83. The molecule has 0 aromatic heterocycles. The Morgan fingerprint density at radius 2 is 1.02 bits per heavy atom. The molecule has 0 bridgehead atoms. The highest BCUT2D eigenvalue weighted by molar-refractivity contribution is 5.81. The second-order valence-corrected chi connectivity index (χ2v) is 14.8. The number of nitrogens with one attached hydrogen (secondary N) is 3. The average molecular weight is 580 g/mol. The van der Waals surface area contributed by atoms with Gasteiger partial charge in [0.05, 0.1) is 6.04 Å². The van der Waals surface area contributed by atoms with E-state index in [0.29, 0.717) is 18.4 Å². The highest BCUT2D eigenvalue weighted by atomic mass is 16.2. The molecular formula is C36H73N3O2. The largest absolute Gasteiger partial charge is 0.356 e. The molecule has 1 unspecified atom stereocenters. The van der Waals surface area contributed by atoms with Gasteiger partial charge in [0.15, 0.2) is 0 Å². The van der Waals surface area contributed by atoms with Gasteiger partial charge in [-0.15, -0.1) is 0 Å². The summed E-state index contributed by atoms with van der Waals surface area (Å²) in [6.07, 6.45) is 26.5. The van der Waals surface area contributed by atoms with Crippen molar-refractivity contribution < 1.29 is 9.59 Å². The minimum atomic E-state index is -0.183.